The molecule has 1 aliphatic heterocycles. The molecular weight excluding hydrogens is 332 g/mol. The topological polar surface area (TPSA) is 39.7 Å². The fraction of sp³-hybridized carbons (Fsp3) is 0.350. The quantitative estimate of drug-likeness (QED) is 0.673. The molecule has 0 N–H and O–H groups in total. The molecule has 0 spiro atoms. The van der Waals surface area contributed by atoms with Crippen LogP contribution < -0.4 is 4.80 Å². The minimum atomic E-state index is 0.251. The Kier molecular flexibility index (Phi) is 4.59. The smallest absolute Gasteiger partial charge is 0.190 e. The van der Waals surface area contributed by atoms with E-state index in [9.17, 15) is 0 Å². The van der Waals surface area contributed by atoms with Gasteiger partial charge in [-0.3, -0.25) is 0 Å². The number of aromatic nitrogens is 1. The zero-order valence-corrected chi connectivity index (χ0v) is 15.4. The zero-order chi connectivity index (χ0) is 17.2. The molecule has 3 heterocycles. The maximum Gasteiger partial charge on any atom is 0.190 e. The molecule has 3 aromatic rings. The Morgan fingerprint density at radius 1 is 1.28 bits per heavy atom. The molecular formula is C20H22N2O2S. The van der Waals surface area contributed by atoms with E-state index in [1.807, 2.05) is 12.1 Å². The summed E-state index contributed by atoms with van der Waals surface area (Å²) >= 11 is 1.65. The minimum Gasteiger partial charge on any atom is -0.463 e. The third-order valence-corrected chi connectivity index (χ3v) is 5.41. The van der Waals surface area contributed by atoms with Gasteiger partial charge in [0.05, 0.1) is 30.3 Å². The lowest BCUT2D eigenvalue weighted by atomic mass is 10.1. The molecule has 1 fully saturated rings. The van der Waals surface area contributed by atoms with Gasteiger partial charge < -0.3 is 13.7 Å². The Labute approximate surface area is 151 Å². The fourth-order valence-corrected chi connectivity index (χ4v) is 4.15. The lowest BCUT2D eigenvalue weighted by Crippen LogP contribution is -2.23. The van der Waals surface area contributed by atoms with E-state index in [0.29, 0.717) is 0 Å². The van der Waals surface area contributed by atoms with Crippen molar-refractivity contribution >= 4 is 17.0 Å². The Balaban J connectivity index is 1.79. The van der Waals surface area contributed by atoms with Crippen LogP contribution in [-0.2, 0) is 11.3 Å². The van der Waals surface area contributed by atoms with Crippen LogP contribution in [-0.4, -0.2) is 17.3 Å². The summed E-state index contributed by atoms with van der Waals surface area (Å²) in [6, 6.07) is 10.3. The first kappa shape index (κ1) is 16.4. The molecule has 1 unspecified atom stereocenters. The Morgan fingerprint density at radius 2 is 2.20 bits per heavy atom. The van der Waals surface area contributed by atoms with Crippen molar-refractivity contribution in [1.29, 1.82) is 0 Å². The molecule has 25 heavy (non-hydrogen) atoms. The predicted molar refractivity (Wildman–Crippen MR) is 100 cm³/mol. The Bertz CT molecular complexity index is 916. The average molecular weight is 354 g/mol. The van der Waals surface area contributed by atoms with E-state index in [-0.39, 0.29) is 6.10 Å². The molecule has 0 bridgehead atoms. The summed E-state index contributed by atoms with van der Waals surface area (Å²) in [5.74, 6) is 0.872. The van der Waals surface area contributed by atoms with Crippen LogP contribution in [0, 0.1) is 13.8 Å². The number of ether oxygens (including phenoxy) is 1. The van der Waals surface area contributed by atoms with Crippen molar-refractivity contribution in [3.05, 3.63) is 57.9 Å². The number of benzene rings is 1. The highest BCUT2D eigenvalue weighted by molar-refractivity contribution is 7.07. The van der Waals surface area contributed by atoms with Gasteiger partial charge in [-0.25, -0.2) is 4.99 Å². The van der Waals surface area contributed by atoms with Crippen molar-refractivity contribution in [2.24, 2.45) is 4.99 Å². The van der Waals surface area contributed by atoms with Gasteiger partial charge in [0.15, 0.2) is 10.6 Å². The van der Waals surface area contributed by atoms with Crippen LogP contribution >= 0.6 is 11.3 Å². The van der Waals surface area contributed by atoms with Crippen molar-refractivity contribution < 1.29 is 9.15 Å². The predicted octanol–water partition coefficient (Wildman–Crippen LogP) is 4.84. The van der Waals surface area contributed by atoms with Crippen LogP contribution in [0.4, 0.5) is 5.69 Å². The summed E-state index contributed by atoms with van der Waals surface area (Å²) in [6.45, 7) is 5.88. The van der Waals surface area contributed by atoms with Gasteiger partial charge >= 0.3 is 0 Å². The number of nitrogens with zero attached hydrogens (tertiary/aromatic N) is 2. The molecule has 5 heteroatoms. The molecule has 2 aromatic heterocycles. The van der Waals surface area contributed by atoms with E-state index in [2.05, 4.69) is 42.0 Å². The van der Waals surface area contributed by atoms with Crippen LogP contribution in [0.2, 0.25) is 0 Å². The lowest BCUT2D eigenvalue weighted by Gasteiger charge is -2.13. The largest absolute Gasteiger partial charge is 0.463 e. The van der Waals surface area contributed by atoms with E-state index >= 15 is 0 Å². The number of aryl methyl sites for hydroxylation is 2. The first-order valence-corrected chi connectivity index (χ1v) is 9.54. The van der Waals surface area contributed by atoms with Crippen molar-refractivity contribution in [2.45, 2.75) is 39.3 Å². The highest BCUT2D eigenvalue weighted by atomic mass is 32.1. The highest BCUT2D eigenvalue weighted by Crippen LogP contribution is 2.24. The second-order valence-electron chi connectivity index (χ2n) is 6.53. The van der Waals surface area contributed by atoms with Crippen molar-refractivity contribution in [1.82, 2.24) is 4.57 Å². The van der Waals surface area contributed by atoms with Gasteiger partial charge in [0, 0.05) is 12.0 Å². The fourth-order valence-electron chi connectivity index (χ4n) is 3.24. The first-order valence-electron chi connectivity index (χ1n) is 8.66. The van der Waals surface area contributed by atoms with Gasteiger partial charge in [0.25, 0.3) is 0 Å². The summed E-state index contributed by atoms with van der Waals surface area (Å²) in [5.41, 5.74) is 4.52. The molecule has 4 rings (SSSR count). The van der Waals surface area contributed by atoms with Gasteiger partial charge in [-0.15, -0.1) is 11.3 Å². The van der Waals surface area contributed by atoms with Crippen LogP contribution in [0.5, 0.6) is 0 Å². The normalized spacial score (nSPS) is 18.2. The summed E-state index contributed by atoms with van der Waals surface area (Å²) in [4.78, 5) is 5.92. The standard InChI is InChI=1S/C20H22N2O2S/c1-14-7-8-17(15(2)11-14)21-20-22(12-16-5-3-9-23-16)18(13-25-20)19-6-4-10-24-19/h4,6-8,10-11,13,16H,3,5,9,12H2,1-2H3. The maximum absolute atomic E-state index is 5.85. The van der Waals surface area contributed by atoms with Crippen LogP contribution in [0.15, 0.2) is 51.4 Å². The van der Waals surface area contributed by atoms with Crippen LogP contribution in [0.25, 0.3) is 11.5 Å². The number of hydrogen-bond acceptors (Lipinski definition) is 4. The van der Waals surface area contributed by atoms with Gasteiger partial charge in [-0.2, -0.15) is 0 Å². The molecule has 0 radical (unpaired) electrons. The lowest BCUT2D eigenvalue weighted by molar-refractivity contribution is 0.0967. The molecule has 0 saturated carbocycles. The van der Waals surface area contributed by atoms with E-state index < -0.39 is 0 Å². The molecule has 130 valence electrons. The molecule has 1 aromatic carbocycles. The van der Waals surface area contributed by atoms with Gasteiger partial charge in [-0.1, -0.05) is 17.7 Å². The minimum absolute atomic E-state index is 0.251. The summed E-state index contributed by atoms with van der Waals surface area (Å²) in [7, 11) is 0. The molecule has 4 nitrogen and oxygen atoms in total. The van der Waals surface area contributed by atoms with E-state index in [0.717, 1.165) is 47.9 Å². The van der Waals surface area contributed by atoms with Crippen LogP contribution in [0.3, 0.4) is 0 Å². The Hall–Kier alpha value is -2.11. The van der Waals surface area contributed by atoms with Crippen molar-refractivity contribution in [3.8, 4) is 11.5 Å². The maximum atomic E-state index is 5.85. The summed E-state index contributed by atoms with van der Waals surface area (Å²) in [6.07, 6.45) is 4.20. The van der Waals surface area contributed by atoms with E-state index in [1.54, 1.807) is 17.6 Å². The van der Waals surface area contributed by atoms with E-state index in [1.165, 1.54) is 11.1 Å². The molecule has 0 aliphatic carbocycles. The first-order chi connectivity index (χ1) is 12.2. The van der Waals surface area contributed by atoms with Gasteiger partial charge in [0.2, 0.25) is 0 Å². The monoisotopic (exact) mass is 354 g/mol. The zero-order valence-electron chi connectivity index (χ0n) is 14.6. The highest BCUT2D eigenvalue weighted by Gasteiger charge is 2.19. The number of furan rings is 1. The van der Waals surface area contributed by atoms with Crippen LogP contribution in [0.1, 0.15) is 24.0 Å². The summed E-state index contributed by atoms with van der Waals surface area (Å²) in [5, 5.41) is 2.12. The number of rotatable bonds is 4. The molecule has 1 atom stereocenters. The molecule has 1 saturated heterocycles. The Morgan fingerprint density at radius 3 is 2.92 bits per heavy atom. The van der Waals surface area contributed by atoms with Crippen molar-refractivity contribution in [3.63, 3.8) is 0 Å². The summed E-state index contributed by atoms with van der Waals surface area (Å²) < 4.78 is 13.7. The van der Waals surface area contributed by atoms with E-state index in [4.69, 9.17) is 14.1 Å². The van der Waals surface area contributed by atoms with Crippen molar-refractivity contribution in [2.75, 3.05) is 6.61 Å². The third-order valence-electron chi connectivity index (χ3n) is 4.55. The second kappa shape index (κ2) is 7.02. The average Bonchev–Trinajstić information content (AvgIpc) is 3.33. The number of thiazole rings is 1. The second-order valence-corrected chi connectivity index (χ2v) is 7.36. The molecule has 0 amide bonds. The third kappa shape index (κ3) is 3.48. The van der Waals surface area contributed by atoms with Gasteiger partial charge in [0.1, 0.15) is 0 Å². The molecule has 1 aliphatic rings. The SMILES string of the molecule is Cc1ccc(N=c2scc(-c3ccco3)n2CC2CCCO2)c(C)c1. The number of hydrogen-bond donors (Lipinski definition) is 0. The van der Waals surface area contributed by atoms with Gasteiger partial charge in [-0.05, 0) is 50.5 Å².